The molecule has 0 aromatic heterocycles. The van der Waals surface area contributed by atoms with Crippen molar-refractivity contribution < 1.29 is 9.72 Å². The lowest BCUT2D eigenvalue weighted by Gasteiger charge is -2.25. The second-order valence-electron chi connectivity index (χ2n) is 5.88. The van der Waals surface area contributed by atoms with E-state index in [4.69, 9.17) is 5.73 Å². The molecule has 0 aliphatic carbocycles. The van der Waals surface area contributed by atoms with Crippen molar-refractivity contribution in [2.45, 2.75) is 40.3 Å². The highest BCUT2D eigenvalue weighted by Crippen LogP contribution is 2.21. The topological polar surface area (TPSA) is 98.3 Å². The minimum Gasteiger partial charge on any atom is -0.351 e. The third-order valence-electron chi connectivity index (χ3n) is 3.28. The number of nitrogens with two attached hydrogens (primary N) is 1. The molecule has 0 unspecified atom stereocenters. The van der Waals surface area contributed by atoms with Crippen LogP contribution in [-0.2, 0) is 11.3 Å². The van der Waals surface area contributed by atoms with Crippen molar-refractivity contribution in [3.8, 4) is 0 Å². The van der Waals surface area contributed by atoms with Gasteiger partial charge in [0.05, 0.1) is 11.0 Å². The van der Waals surface area contributed by atoms with E-state index in [1.54, 1.807) is 19.1 Å². The first-order valence-corrected chi connectivity index (χ1v) is 6.40. The molecule has 110 valence electrons. The van der Waals surface area contributed by atoms with Crippen molar-refractivity contribution in [3.05, 3.63) is 39.4 Å². The summed E-state index contributed by atoms with van der Waals surface area (Å²) in [6.07, 6.45) is 0. The second kappa shape index (κ2) is 6.00. The number of nitrogens with one attached hydrogen (secondary N) is 1. The quantitative estimate of drug-likeness (QED) is 0.649. The van der Waals surface area contributed by atoms with E-state index in [1.165, 1.54) is 6.07 Å². The summed E-state index contributed by atoms with van der Waals surface area (Å²) >= 11 is 0. The summed E-state index contributed by atoms with van der Waals surface area (Å²) in [4.78, 5) is 22.3. The smallest absolute Gasteiger partial charge is 0.272 e. The normalized spacial score (nSPS) is 12.8. The van der Waals surface area contributed by atoms with Crippen LogP contribution in [0, 0.1) is 22.5 Å². The van der Waals surface area contributed by atoms with Gasteiger partial charge in [-0.3, -0.25) is 14.9 Å². The maximum Gasteiger partial charge on any atom is 0.272 e. The Morgan fingerprint density at radius 3 is 2.55 bits per heavy atom. The van der Waals surface area contributed by atoms with Gasteiger partial charge in [-0.25, -0.2) is 0 Å². The molecule has 0 saturated carbocycles. The first-order valence-electron chi connectivity index (χ1n) is 6.40. The van der Waals surface area contributed by atoms with Gasteiger partial charge in [0.1, 0.15) is 0 Å². The summed E-state index contributed by atoms with van der Waals surface area (Å²) in [5, 5.41) is 13.6. The number of benzene rings is 1. The van der Waals surface area contributed by atoms with Crippen LogP contribution in [0.5, 0.6) is 0 Å². The monoisotopic (exact) mass is 279 g/mol. The minimum absolute atomic E-state index is 0.0527. The van der Waals surface area contributed by atoms with E-state index >= 15 is 0 Å². The Bertz CT molecular complexity index is 521. The Morgan fingerprint density at radius 1 is 1.45 bits per heavy atom. The lowest BCUT2D eigenvalue weighted by Crippen LogP contribution is -2.48. The van der Waals surface area contributed by atoms with Crippen molar-refractivity contribution in [2.75, 3.05) is 0 Å². The van der Waals surface area contributed by atoms with Crippen molar-refractivity contribution in [3.63, 3.8) is 0 Å². The van der Waals surface area contributed by atoms with E-state index in [0.29, 0.717) is 11.1 Å². The van der Waals surface area contributed by atoms with Gasteiger partial charge in [-0.05, 0) is 17.9 Å². The maximum atomic E-state index is 11.9. The van der Waals surface area contributed by atoms with Crippen molar-refractivity contribution >= 4 is 11.6 Å². The van der Waals surface area contributed by atoms with Gasteiger partial charge in [0.15, 0.2) is 0 Å². The molecule has 1 aromatic carbocycles. The molecule has 0 aliphatic rings. The number of nitro groups is 1. The molecule has 0 saturated heterocycles. The van der Waals surface area contributed by atoms with Crippen LogP contribution in [-0.4, -0.2) is 16.9 Å². The van der Waals surface area contributed by atoms with Gasteiger partial charge in [-0.1, -0.05) is 32.9 Å². The lowest BCUT2D eigenvalue weighted by atomic mass is 9.87. The van der Waals surface area contributed by atoms with Gasteiger partial charge < -0.3 is 11.1 Å². The van der Waals surface area contributed by atoms with Crippen molar-refractivity contribution in [1.82, 2.24) is 5.32 Å². The Balaban J connectivity index is 2.79. The van der Waals surface area contributed by atoms with Gasteiger partial charge in [0.2, 0.25) is 5.91 Å². The van der Waals surface area contributed by atoms with E-state index in [9.17, 15) is 14.9 Å². The fraction of sp³-hybridized carbons (Fsp3) is 0.500. The molecule has 1 amide bonds. The van der Waals surface area contributed by atoms with Gasteiger partial charge in [-0.2, -0.15) is 0 Å². The lowest BCUT2D eigenvalue weighted by molar-refractivity contribution is -0.385. The van der Waals surface area contributed by atoms with Crippen LogP contribution in [0.2, 0.25) is 0 Å². The number of nitrogens with zero attached hydrogens (tertiary/aromatic N) is 1. The first kappa shape index (κ1) is 16.1. The molecular formula is C14H21N3O3. The molecule has 3 N–H and O–H groups in total. The van der Waals surface area contributed by atoms with Crippen LogP contribution in [0.25, 0.3) is 0 Å². The van der Waals surface area contributed by atoms with Crippen molar-refractivity contribution in [1.29, 1.82) is 0 Å². The number of nitro benzene ring substituents is 1. The first-order chi connectivity index (χ1) is 9.14. The number of rotatable bonds is 4. The average Bonchev–Trinajstić information content (AvgIpc) is 2.34. The standard InChI is InChI=1S/C14H21N3O3/c1-9-10(6-5-7-11(9)17(19)20)8-16-13(18)12(15)14(2,3)4/h5-7,12H,8,15H2,1-4H3,(H,16,18)/t12-/m0/s1. The van der Waals surface area contributed by atoms with Crippen LogP contribution in [0.1, 0.15) is 31.9 Å². The summed E-state index contributed by atoms with van der Waals surface area (Å²) in [6, 6.07) is 4.19. The van der Waals surface area contributed by atoms with Gasteiger partial charge in [0.25, 0.3) is 5.69 Å². The molecule has 0 fully saturated rings. The molecule has 1 atom stereocenters. The predicted octanol–water partition coefficient (Wildman–Crippen LogP) is 1.89. The molecule has 0 aliphatic heterocycles. The SMILES string of the molecule is Cc1c(CNC(=O)[C@H](N)C(C)(C)C)cccc1[N+](=O)[O-]. The molecule has 1 rings (SSSR count). The van der Waals surface area contributed by atoms with Gasteiger partial charge in [-0.15, -0.1) is 0 Å². The highest BCUT2D eigenvalue weighted by Gasteiger charge is 2.27. The second-order valence-corrected chi connectivity index (χ2v) is 5.88. The molecular weight excluding hydrogens is 258 g/mol. The Kier molecular flexibility index (Phi) is 4.83. The van der Waals surface area contributed by atoms with E-state index in [2.05, 4.69) is 5.32 Å². The third-order valence-corrected chi connectivity index (χ3v) is 3.28. The van der Waals surface area contributed by atoms with E-state index in [1.807, 2.05) is 20.8 Å². The fourth-order valence-corrected chi connectivity index (χ4v) is 1.74. The summed E-state index contributed by atoms with van der Waals surface area (Å²) in [5.74, 6) is -0.261. The minimum atomic E-state index is -0.624. The number of carbonyl (C=O) groups excluding carboxylic acids is 1. The zero-order valence-corrected chi connectivity index (χ0v) is 12.3. The molecule has 0 heterocycles. The molecule has 0 bridgehead atoms. The molecule has 6 nitrogen and oxygen atoms in total. The average molecular weight is 279 g/mol. The number of amides is 1. The number of hydrogen-bond acceptors (Lipinski definition) is 4. The fourth-order valence-electron chi connectivity index (χ4n) is 1.74. The maximum absolute atomic E-state index is 11.9. The predicted molar refractivity (Wildman–Crippen MR) is 77.1 cm³/mol. The van der Waals surface area contributed by atoms with Crippen molar-refractivity contribution in [2.24, 2.45) is 11.1 Å². The van der Waals surface area contributed by atoms with Crippen LogP contribution >= 0.6 is 0 Å². The summed E-state index contributed by atoms with van der Waals surface area (Å²) in [7, 11) is 0. The summed E-state index contributed by atoms with van der Waals surface area (Å²) in [6.45, 7) is 7.56. The largest absolute Gasteiger partial charge is 0.351 e. The van der Waals surface area contributed by atoms with Crippen LogP contribution in [0.3, 0.4) is 0 Å². The van der Waals surface area contributed by atoms with E-state index in [0.717, 1.165) is 0 Å². The Hall–Kier alpha value is -1.95. The van der Waals surface area contributed by atoms with Gasteiger partial charge >= 0.3 is 0 Å². The highest BCUT2D eigenvalue weighted by atomic mass is 16.6. The van der Waals surface area contributed by atoms with Crippen LogP contribution in [0.4, 0.5) is 5.69 Å². The van der Waals surface area contributed by atoms with Gasteiger partial charge in [0, 0.05) is 18.2 Å². The zero-order chi connectivity index (χ0) is 15.5. The Labute approximate surface area is 118 Å². The van der Waals surface area contributed by atoms with Crippen LogP contribution in [0.15, 0.2) is 18.2 Å². The highest BCUT2D eigenvalue weighted by molar-refractivity contribution is 5.82. The molecule has 0 spiro atoms. The van der Waals surface area contributed by atoms with E-state index < -0.39 is 11.0 Å². The molecule has 20 heavy (non-hydrogen) atoms. The summed E-state index contributed by atoms with van der Waals surface area (Å²) in [5.41, 5.74) is 6.85. The summed E-state index contributed by atoms with van der Waals surface area (Å²) < 4.78 is 0. The van der Waals surface area contributed by atoms with E-state index in [-0.39, 0.29) is 23.6 Å². The molecule has 6 heteroatoms. The Morgan fingerprint density at radius 2 is 2.05 bits per heavy atom. The number of hydrogen-bond donors (Lipinski definition) is 2. The molecule has 1 aromatic rings. The number of carbonyl (C=O) groups is 1. The van der Waals surface area contributed by atoms with Crippen LogP contribution < -0.4 is 11.1 Å². The molecule has 0 radical (unpaired) electrons. The third kappa shape index (κ3) is 3.77. The zero-order valence-electron chi connectivity index (χ0n) is 12.3.